The van der Waals surface area contributed by atoms with E-state index in [-0.39, 0.29) is 24.1 Å². The number of nitrogens with zero attached hydrogens (tertiary/aromatic N) is 4. The first-order chi connectivity index (χ1) is 14.6. The quantitative estimate of drug-likeness (QED) is 0.613. The number of piperidine rings is 1. The van der Waals surface area contributed by atoms with Crippen LogP contribution in [-0.4, -0.2) is 65.7 Å². The number of ether oxygens (including phenoxy) is 3. The first kappa shape index (κ1) is 21.9. The smallest absolute Gasteiger partial charge is 0.345 e. The van der Waals surface area contributed by atoms with Gasteiger partial charge in [-0.15, -0.1) is 0 Å². The van der Waals surface area contributed by atoms with E-state index >= 15 is 0 Å². The molecule has 3 rings (SSSR count). The summed E-state index contributed by atoms with van der Waals surface area (Å²) in [6.07, 6.45) is 1.54. The van der Waals surface area contributed by atoms with Gasteiger partial charge in [-0.05, 0) is 31.9 Å². The second kappa shape index (κ2) is 10.3. The monoisotopic (exact) mass is 418 g/mol. The predicted octanol–water partition coefficient (Wildman–Crippen LogP) is 1.50. The van der Waals surface area contributed by atoms with Gasteiger partial charge in [-0.25, -0.2) is 9.48 Å². The van der Waals surface area contributed by atoms with Crippen molar-refractivity contribution in [3.8, 4) is 11.5 Å². The second-order valence-electron chi connectivity index (χ2n) is 7.22. The molecule has 1 aromatic heterocycles. The van der Waals surface area contributed by atoms with Gasteiger partial charge in [0.15, 0.2) is 6.61 Å². The van der Waals surface area contributed by atoms with Crippen LogP contribution in [0.1, 0.15) is 31.5 Å². The minimum atomic E-state index is -0.102. The van der Waals surface area contributed by atoms with Crippen LogP contribution in [0.2, 0.25) is 0 Å². The summed E-state index contributed by atoms with van der Waals surface area (Å²) in [6, 6.07) is 7.20. The van der Waals surface area contributed by atoms with Crippen molar-refractivity contribution in [1.82, 2.24) is 19.2 Å². The third-order valence-corrected chi connectivity index (χ3v) is 5.39. The molecule has 164 valence electrons. The lowest BCUT2D eigenvalue weighted by molar-refractivity contribution is -0.134. The van der Waals surface area contributed by atoms with Gasteiger partial charge < -0.3 is 19.1 Å². The van der Waals surface area contributed by atoms with Crippen molar-refractivity contribution in [3.63, 3.8) is 0 Å². The standard InChI is InChI=1S/C21H30N4O5/c1-4-24-20(22-25(21(24)27)12-13-28-2)16-8-10-23(11-9-16)19(26)15-30-18-7-5-6-17(14-18)29-3/h5-7,14,16H,4,8-13,15H2,1-3H3. The van der Waals surface area contributed by atoms with Gasteiger partial charge in [0.1, 0.15) is 17.3 Å². The Balaban J connectivity index is 1.56. The van der Waals surface area contributed by atoms with Gasteiger partial charge in [0.2, 0.25) is 0 Å². The summed E-state index contributed by atoms with van der Waals surface area (Å²) in [5, 5.41) is 4.55. The molecule has 0 aliphatic carbocycles. The molecule has 1 fully saturated rings. The van der Waals surface area contributed by atoms with E-state index < -0.39 is 0 Å². The molecule has 0 radical (unpaired) electrons. The van der Waals surface area contributed by atoms with Crippen LogP contribution in [0.25, 0.3) is 0 Å². The number of aromatic nitrogens is 3. The molecule has 9 heteroatoms. The fourth-order valence-corrected chi connectivity index (χ4v) is 3.69. The molecule has 0 atom stereocenters. The maximum atomic E-state index is 12.5. The van der Waals surface area contributed by atoms with Gasteiger partial charge in [0.25, 0.3) is 5.91 Å². The molecule has 1 amide bonds. The Morgan fingerprint density at radius 3 is 2.60 bits per heavy atom. The van der Waals surface area contributed by atoms with Crippen molar-refractivity contribution in [1.29, 1.82) is 0 Å². The van der Waals surface area contributed by atoms with Crippen molar-refractivity contribution in [2.24, 2.45) is 0 Å². The van der Waals surface area contributed by atoms with Gasteiger partial charge in [-0.3, -0.25) is 9.36 Å². The Morgan fingerprint density at radius 1 is 1.20 bits per heavy atom. The fourth-order valence-electron chi connectivity index (χ4n) is 3.69. The van der Waals surface area contributed by atoms with Crippen LogP contribution >= 0.6 is 0 Å². The molecule has 1 aliphatic heterocycles. The SMILES string of the molecule is CCn1c(C2CCN(C(=O)COc3cccc(OC)c3)CC2)nn(CCOC)c1=O. The molecule has 30 heavy (non-hydrogen) atoms. The highest BCUT2D eigenvalue weighted by atomic mass is 16.5. The van der Waals surface area contributed by atoms with E-state index in [0.717, 1.165) is 18.7 Å². The third-order valence-electron chi connectivity index (χ3n) is 5.39. The van der Waals surface area contributed by atoms with Crippen LogP contribution in [0.3, 0.4) is 0 Å². The Bertz CT molecular complexity index is 899. The molecule has 9 nitrogen and oxygen atoms in total. The topological polar surface area (TPSA) is 87.8 Å². The largest absolute Gasteiger partial charge is 0.497 e. The highest BCUT2D eigenvalue weighted by Gasteiger charge is 2.28. The number of rotatable bonds is 9. The molecule has 0 unspecified atom stereocenters. The van der Waals surface area contributed by atoms with Gasteiger partial charge in [0.05, 0.1) is 20.3 Å². The van der Waals surface area contributed by atoms with Gasteiger partial charge >= 0.3 is 5.69 Å². The van der Waals surface area contributed by atoms with Crippen LogP contribution in [0, 0.1) is 0 Å². The van der Waals surface area contributed by atoms with Crippen LogP contribution in [-0.2, 0) is 22.6 Å². The van der Waals surface area contributed by atoms with E-state index in [4.69, 9.17) is 14.2 Å². The van der Waals surface area contributed by atoms with E-state index in [0.29, 0.717) is 44.3 Å². The Morgan fingerprint density at radius 2 is 1.93 bits per heavy atom. The Labute approximate surface area is 176 Å². The van der Waals surface area contributed by atoms with Crippen LogP contribution in [0.15, 0.2) is 29.1 Å². The lowest BCUT2D eigenvalue weighted by Gasteiger charge is -2.31. The molecule has 1 aliphatic rings. The molecule has 0 N–H and O–H groups in total. The molecule has 0 saturated carbocycles. The zero-order chi connectivity index (χ0) is 21.5. The number of likely N-dealkylation sites (tertiary alicyclic amines) is 1. The summed E-state index contributed by atoms with van der Waals surface area (Å²) < 4.78 is 19.1. The maximum Gasteiger partial charge on any atom is 0.345 e. The molecule has 0 bridgehead atoms. The normalized spacial score (nSPS) is 14.7. The van der Waals surface area contributed by atoms with Gasteiger partial charge in [-0.1, -0.05) is 6.07 Å². The molecule has 0 spiro atoms. The number of hydrogen-bond donors (Lipinski definition) is 0. The number of carbonyl (C=O) groups is 1. The van der Waals surface area contributed by atoms with Gasteiger partial charge in [-0.2, -0.15) is 5.10 Å². The highest BCUT2D eigenvalue weighted by molar-refractivity contribution is 5.77. The second-order valence-corrected chi connectivity index (χ2v) is 7.22. The van der Waals surface area contributed by atoms with E-state index in [2.05, 4.69) is 5.10 Å². The van der Waals surface area contributed by atoms with Crippen LogP contribution in [0.5, 0.6) is 11.5 Å². The summed E-state index contributed by atoms with van der Waals surface area (Å²) >= 11 is 0. The highest BCUT2D eigenvalue weighted by Crippen LogP contribution is 2.26. The number of methoxy groups -OCH3 is 2. The minimum absolute atomic E-state index is 0.0108. The summed E-state index contributed by atoms with van der Waals surface area (Å²) in [6.45, 7) is 4.63. The number of amides is 1. The molecule has 2 aromatic rings. The Hall–Kier alpha value is -2.81. The van der Waals surface area contributed by atoms with Crippen molar-refractivity contribution < 1.29 is 19.0 Å². The molecule has 2 heterocycles. The number of benzene rings is 1. The lowest BCUT2D eigenvalue weighted by atomic mass is 9.96. The van der Waals surface area contributed by atoms with Gasteiger partial charge in [0, 0.05) is 38.7 Å². The van der Waals surface area contributed by atoms with Crippen molar-refractivity contribution in [2.75, 3.05) is 40.5 Å². The van der Waals surface area contributed by atoms with E-state index in [1.807, 2.05) is 24.0 Å². The summed E-state index contributed by atoms with van der Waals surface area (Å²) in [5.74, 6) is 2.21. The van der Waals surface area contributed by atoms with Crippen molar-refractivity contribution >= 4 is 5.91 Å². The number of hydrogen-bond acceptors (Lipinski definition) is 6. The molecule has 1 saturated heterocycles. The maximum absolute atomic E-state index is 12.5. The summed E-state index contributed by atoms with van der Waals surface area (Å²) in [4.78, 5) is 26.9. The van der Waals surface area contributed by atoms with Crippen molar-refractivity contribution in [3.05, 3.63) is 40.6 Å². The average molecular weight is 418 g/mol. The zero-order valence-electron chi connectivity index (χ0n) is 17.9. The summed E-state index contributed by atoms with van der Waals surface area (Å²) in [7, 11) is 3.20. The van der Waals surface area contributed by atoms with E-state index in [1.54, 1.807) is 30.9 Å². The third kappa shape index (κ3) is 5.02. The molecule has 1 aromatic carbocycles. The van der Waals surface area contributed by atoms with Crippen molar-refractivity contribution in [2.45, 2.75) is 38.8 Å². The van der Waals surface area contributed by atoms with Crippen LogP contribution < -0.4 is 15.2 Å². The fraction of sp³-hybridized carbons (Fsp3) is 0.571. The van der Waals surface area contributed by atoms with Crippen LogP contribution in [0.4, 0.5) is 0 Å². The number of carbonyl (C=O) groups excluding carboxylic acids is 1. The first-order valence-electron chi connectivity index (χ1n) is 10.3. The molecular weight excluding hydrogens is 388 g/mol. The Kier molecular flexibility index (Phi) is 7.51. The van der Waals surface area contributed by atoms with E-state index in [1.165, 1.54) is 4.68 Å². The zero-order valence-corrected chi connectivity index (χ0v) is 17.9. The lowest BCUT2D eigenvalue weighted by Crippen LogP contribution is -2.41. The predicted molar refractivity (Wildman–Crippen MR) is 111 cm³/mol. The first-order valence-corrected chi connectivity index (χ1v) is 10.3. The minimum Gasteiger partial charge on any atom is -0.497 e. The average Bonchev–Trinajstić information content (AvgIpc) is 3.11. The summed E-state index contributed by atoms with van der Waals surface area (Å²) in [5.41, 5.74) is -0.102. The van der Waals surface area contributed by atoms with E-state index in [9.17, 15) is 9.59 Å². The molecular formula is C21H30N4O5.